The van der Waals surface area contributed by atoms with E-state index in [2.05, 4.69) is 10.3 Å². The molecule has 8 nitrogen and oxygen atoms in total. The molecule has 0 unspecified atom stereocenters. The molecule has 1 fully saturated rings. The molecule has 1 aromatic heterocycles. The molecule has 21 heavy (non-hydrogen) atoms. The van der Waals surface area contributed by atoms with E-state index in [4.69, 9.17) is 9.84 Å². The molecular weight excluding hydrogens is 276 g/mol. The SMILES string of the molecule is C[C@@H]1CN(C(=O)NCCn2cnc(C(=O)O)c2)C[C@H](C)O1. The summed E-state index contributed by atoms with van der Waals surface area (Å²) in [6.07, 6.45) is 2.94. The molecule has 1 aliphatic rings. The van der Waals surface area contributed by atoms with Crippen LogP contribution in [0.2, 0.25) is 0 Å². The van der Waals surface area contributed by atoms with Gasteiger partial charge in [0.2, 0.25) is 0 Å². The fraction of sp³-hybridized carbons (Fsp3) is 0.615. The lowest BCUT2D eigenvalue weighted by molar-refractivity contribution is -0.0545. The van der Waals surface area contributed by atoms with Crippen LogP contribution in [-0.2, 0) is 11.3 Å². The second-order valence-electron chi connectivity index (χ2n) is 5.20. The van der Waals surface area contributed by atoms with E-state index < -0.39 is 5.97 Å². The average molecular weight is 296 g/mol. The molecular formula is C13H20N4O4. The Balaban J connectivity index is 1.77. The van der Waals surface area contributed by atoms with Crippen molar-refractivity contribution in [2.75, 3.05) is 19.6 Å². The summed E-state index contributed by atoms with van der Waals surface area (Å²) in [5, 5.41) is 11.6. The predicted molar refractivity (Wildman–Crippen MR) is 74.2 cm³/mol. The van der Waals surface area contributed by atoms with Crippen LogP contribution in [0.3, 0.4) is 0 Å². The van der Waals surface area contributed by atoms with E-state index in [0.717, 1.165) is 0 Å². The van der Waals surface area contributed by atoms with E-state index in [1.165, 1.54) is 12.5 Å². The van der Waals surface area contributed by atoms with Crippen LogP contribution in [0.25, 0.3) is 0 Å². The maximum atomic E-state index is 12.0. The average Bonchev–Trinajstić information content (AvgIpc) is 2.86. The second kappa shape index (κ2) is 6.57. The number of amides is 2. The highest BCUT2D eigenvalue weighted by atomic mass is 16.5. The largest absolute Gasteiger partial charge is 0.476 e. The van der Waals surface area contributed by atoms with Crippen LogP contribution < -0.4 is 5.32 Å². The van der Waals surface area contributed by atoms with Gasteiger partial charge in [-0.15, -0.1) is 0 Å². The molecule has 2 heterocycles. The number of nitrogens with zero attached hydrogens (tertiary/aromatic N) is 3. The summed E-state index contributed by atoms with van der Waals surface area (Å²) in [5.74, 6) is -1.06. The Bertz CT molecular complexity index is 506. The Hall–Kier alpha value is -2.09. The lowest BCUT2D eigenvalue weighted by Gasteiger charge is -2.35. The van der Waals surface area contributed by atoms with Crippen LogP contribution in [0.4, 0.5) is 4.79 Å². The number of rotatable bonds is 4. The molecule has 0 aliphatic carbocycles. The Morgan fingerprint density at radius 2 is 2.10 bits per heavy atom. The van der Waals surface area contributed by atoms with Gasteiger partial charge in [-0.05, 0) is 13.8 Å². The summed E-state index contributed by atoms with van der Waals surface area (Å²) in [7, 11) is 0. The van der Waals surface area contributed by atoms with E-state index in [-0.39, 0.29) is 23.9 Å². The summed E-state index contributed by atoms with van der Waals surface area (Å²) in [6.45, 7) is 5.91. The number of aromatic carboxylic acids is 1. The third kappa shape index (κ3) is 4.19. The number of carboxylic acid groups (broad SMARTS) is 1. The normalized spacial score (nSPS) is 22.1. The zero-order chi connectivity index (χ0) is 15.4. The number of hydrogen-bond acceptors (Lipinski definition) is 4. The summed E-state index contributed by atoms with van der Waals surface area (Å²) in [5.41, 5.74) is -0.00263. The van der Waals surface area contributed by atoms with Gasteiger partial charge >= 0.3 is 12.0 Å². The maximum absolute atomic E-state index is 12.0. The van der Waals surface area contributed by atoms with E-state index >= 15 is 0 Å². The predicted octanol–water partition coefficient (Wildman–Crippen LogP) is 0.400. The van der Waals surface area contributed by atoms with Crippen LogP contribution in [0.1, 0.15) is 24.3 Å². The van der Waals surface area contributed by atoms with Crippen LogP contribution in [0.5, 0.6) is 0 Å². The molecule has 0 aromatic carbocycles. The zero-order valence-electron chi connectivity index (χ0n) is 12.2. The molecule has 8 heteroatoms. The molecule has 0 radical (unpaired) electrons. The first-order valence-corrected chi connectivity index (χ1v) is 6.89. The number of carboxylic acids is 1. The zero-order valence-corrected chi connectivity index (χ0v) is 12.2. The first-order chi connectivity index (χ1) is 9.95. The minimum absolute atomic E-state index is 0.00263. The van der Waals surface area contributed by atoms with Crippen molar-refractivity contribution in [2.45, 2.75) is 32.6 Å². The number of carbonyl (C=O) groups excluding carboxylic acids is 1. The third-order valence-electron chi connectivity index (χ3n) is 3.21. The van der Waals surface area contributed by atoms with Gasteiger partial charge in [0.15, 0.2) is 5.69 Å². The van der Waals surface area contributed by atoms with Crippen molar-refractivity contribution >= 4 is 12.0 Å². The molecule has 2 rings (SSSR count). The Morgan fingerprint density at radius 1 is 1.43 bits per heavy atom. The van der Waals surface area contributed by atoms with E-state index in [1.807, 2.05) is 13.8 Å². The summed E-state index contributed by atoms with van der Waals surface area (Å²) >= 11 is 0. The number of hydrogen-bond donors (Lipinski definition) is 2. The minimum atomic E-state index is -1.06. The van der Waals surface area contributed by atoms with Crippen molar-refractivity contribution in [1.29, 1.82) is 0 Å². The molecule has 1 aliphatic heterocycles. The summed E-state index contributed by atoms with van der Waals surface area (Å²) in [6, 6.07) is -0.129. The van der Waals surface area contributed by atoms with Gasteiger partial charge in [0.25, 0.3) is 0 Å². The Morgan fingerprint density at radius 3 is 2.67 bits per heavy atom. The van der Waals surface area contributed by atoms with Crippen molar-refractivity contribution in [3.63, 3.8) is 0 Å². The van der Waals surface area contributed by atoms with Gasteiger partial charge in [0, 0.05) is 32.4 Å². The maximum Gasteiger partial charge on any atom is 0.356 e. The lowest BCUT2D eigenvalue weighted by atomic mass is 10.2. The fourth-order valence-electron chi connectivity index (χ4n) is 2.34. The Kier molecular flexibility index (Phi) is 4.79. The van der Waals surface area contributed by atoms with Gasteiger partial charge in [0.05, 0.1) is 18.5 Å². The van der Waals surface area contributed by atoms with Gasteiger partial charge in [-0.2, -0.15) is 0 Å². The number of nitrogens with one attached hydrogen (secondary N) is 1. The first kappa shape index (κ1) is 15.3. The van der Waals surface area contributed by atoms with Crippen molar-refractivity contribution in [3.8, 4) is 0 Å². The Labute approximate surface area is 122 Å². The number of morpholine rings is 1. The highest BCUT2D eigenvalue weighted by Crippen LogP contribution is 2.10. The minimum Gasteiger partial charge on any atom is -0.476 e. The van der Waals surface area contributed by atoms with Crippen LogP contribution in [0.15, 0.2) is 12.5 Å². The number of carbonyl (C=O) groups is 2. The van der Waals surface area contributed by atoms with Crippen molar-refractivity contribution in [2.24, 2.45) is 0 Å². The topological polar surface area (TPSA) is 96.7 Å². The first-order valence-electron chi connectivity index (χ1n) is 6.89. The number of aromatic nitrogens is 2. The van der Waals surface area contributed by atoms with E-state index in [1.54, 1.807) is 9.47 Å². The quantitative estimate of drug-likeness (QED) is 0.838. The molecule has 2 amide bonds. The molecule has 116 valence electrons. The lowest BCUT2D eigenvalue weighted by Crippen LogP contribution is -2.52. The molecule has 0 bridgehead atoms. The monoisotopic (exact) mass is 296 g/mol. The van der Waals surface area contributed by atoms with Crippen LogP contribution in [0, 0.1) is 0 Å². The molecule has 1 saturated heterocycles. The smallest absolute Gasteiger partial charge is 0.356 e. The standard InChI is InChI=1S/C13H20N4O4/c1-9-5-17(6-10(2)21-9)13(20)14-3-4-16-7-11(12(18)19)15-8-16/h7-10H,3-6H2,1-2H3,(H,14,20)(H,18,19)/t9-,10+. The molecule has 2 N–H and O–H groups in total. The molecule has 1 aromatic rings. The van der Waals surface area contributed by atoms with E-state index in [0.29, 0.717) is 26.2 Å². The van der Waals surface area contributed by atoms with Crippen molar-refractivity contribution < 1.29 is 19.4 Å². The fourth-order valence-corrected chi connectivity index (χ4v) is 2.34. The van der Waals surface area contributed by atoms with Crippen LogP contribution >= 0.6 is 0 Å². The highest BCUT2D eigenvalue weighted by molar-refractivity contribution is 5.84. The summed E-state index contributed by atoms with van der Waals surface area (Å²) in [4.78, 5) is 28.2. The van der Waals surface area contributed by atoms with Gasteiger partial charge in [-0.25, -0.2) is 14.6 Å². The van der Waals surface area contributed by atoms with Gasteiger partial charge in [-0.1, -0.05) is 0 Å². The number of ether oxygens (including phenoxy) is 1. The molecule has 0 saturated carbocycles. The van der Waals surface area contributed by atoms with Gasteiger partial charge in [-0.3, -0.25) is 0 Å². The number of urea groups is 1. The van der Waals surface area contributed by atoms with Gasteiger partial charge < -0.3 is 24.6 Å². The van der Waals surface area contributed by atoms with Crippen molar-refractivity contribution in [1.82, 2.24) is 19.8 Å². The second-order valence-corrected chi connectivity index (χ2v) is 5.20. The van der Waals surface area contributed by atoms with E-state index in [9.17, 15) is 9.59 Å². The third-order valence-corrected chi connectivity index (χ3v) is 3.21. The highest BCUT2D eigenvalue weighted by Gasteiger charge is 2.25. The van der Waals surface area contributed by atoms with Crippen LogP contribution in [-0.4, -0.2) is 63.4 Å². The number of imidazole rings is 1. The summed E-state index contributed by atoms with van der Waals surface area (Å²) < 4.78 is 7.21. The molecule has 2 atom stereocenters. The molecule has 0 spiro atoms. The van der Waals surface area contributed by atoms with Gasteiger partial charge in [0.1, 0.15) is 0 Å². The van der Waals surface area contributed by atoms with Crippen molar-refractivity contribution in [3.05, 3.63) is 18.2 Å².